The number of phosphoric ester groups is 1. The number of rotatable bonds is 29. The molecule has 0 aromatic carbocycles. The van der Waals surface area contributed by atoms with Crippen LogP contribution in [0.2, 0.25) is 0 Å². The minimum atomic E-state index is -4.66. The van der Waals surface area contributed by atoms with Crippen molar-refractivity contribution in [3.8, 4) is 0 Å². The molecular weight excluding hydrogens is 700 g/mol. The van der Waals surface area contributed by atoms with Crippen molar-refractivity contribution in [1.29, 1.82) is 0 Å². The summed E-state index contributed by atoms with van der Waals surface area (Å²) in [6, 6.07) is 0.731. The molecule has 0 fully saturated rings. The molecule has 2 N–H and O–H groups in total. The fourth-order valence-electron chi connectivity index (χ4n) is 6.09. The molecular formula is C39H66BF2N4O6P. The Kier molecular flexibility index (Phi) is 22.0. The van der Waals surface area contributed by atoms with Crippen LogP contribution < -0.4 is 10.2 Å². The lowest BCUT2D eigenvalue weighted by Gasteiger charge is -2.29. The normalized spacial score (nSPS) is 16.3. The van der Waals surface area contributed by atoms with E-state index in [4.69, 9.17) is 9.05 Å². The van der Waals surface area contributed by atoms with Gasteiger partial charge in [0.2, 0.25) is 5.91 Å². The Morgan fingerprint density at radius 3 is 2.28 bits per heavy atom. The van der Waals surface area contributed by atoms with Crippen molar-refractivity contribution in [2.75, 3.05) is 40.9 Å². The first-order chi connectivity index (χ1) is 25.1. The molecule has 0 radical (unpaired) electrons. The van der Waals surface area contributed by atoms with E-state index in [1.807, 2.05) is 33.3 Å². The van der Waals surface area contributed by atoms with Gasteiger partial charge in [-0.2, -0.15) is 0 Å². The highest BCUT2D eigenvalue weighted by Crippen LogP contribution is 2.38. The Morgan fingerprint density at radius 2 is 1.66 bits per heavy atom. The summed E-state index contributed by atoms with van der Waals surface area (Å²) in [6.07, 6.45) is 24.0. The third-order valence-electron chi connectivity index (χ3n) is 9.24. The highest BCUT2D eigenvalue weighted by atomic mass is 31.2. The van der Waals surface area contributed by atoms with E-state index in [0.717, 1.165) is 35.0 Å². The van der Waals surface area contributed by atoms with Crippen LogP contribution in [0.25, 0.3) is 6.08 Å². The van der Waals surface area contributed by atoms with Gasteiger partial charge in [-0.05, 0) is 75.8 Å². The molecule has 3 atom stereocenters. The first-order valence-corrected chi connectivity index (χ1v) is 21.1. The van der Waals surface area contributed by atoms with Crippen molar-refractivity contribution >= 4 is 32.9 Å². The second-order valence-corrected chi connectivity index (χ2v) is 16.6. The average Bonchev–Trinajstić information content (AvgIpc) is 3.64. The van der Waals surface area contributed by atoms with E-state index in [9.17, 15) is 28.0 Å². The summed E-state index contributed by atoms with van der Waals surface area (Å²) >= 11 is 0. The molecule has 10 nitrogen and oxygen atoms in total. The molecule has 0 spiro atoms. The van der Waals surface area contributed by atoms with Gasteiger partial charge >= 0.3 is 7.40 Å². The molecule has 53 heavy (non-hydrogen) atoms. The van der Waals surface area contributed by atoms with Crippen molar-refractivity contribution in [3.05, 3.63) is 53.0 Å². The van der Waals surface area contributed by atoms with Gasteiger partial charge in [0.25, 0.3) is 7.82 Å². The van der Waals surface area contributed by atoms with Gasteiger partial charge in [-0.15, -0.1) is 0 Å². The van der Waals surface area contributed by atoms with E-state index in [1.54, 1.807) is 38.1 Å². The third-order valence-corrected chi connectivity index (χ3v) is 10.2. The summed E-state index contributed by atoms with van der Waals surface area (Å²) in [4.78, 5) is 29.9. The quantitative estimate of drug-likeness (QED) is 0.0279. The molecule has 0 saturated carbocycles. The molecule has 1 amide bonds. The first kappa shape index (κ1) is 46.7. The number of allylic oxidation sites excluding steroid dienone is 3. The van der Waals surface area contributed by atoms with Crippen LogP contribution in [0.1, 0.15) is 127 Å². The topological polar surface area (TPSA) is 125 Å². The van der Waals surface area contributed by atoms with Crippen LogP contribution in [0.5, 0.6) is 0 Å². The van der Waals surface area contributed by atoms with Crippen molar-refractivity contribution < 1.29 is 41.5 Å². The number of nitrogens with one attached hydrogen (secondary N) is 1. The molecule has 14 heteroatoms. The second kappa shape index (κ2) is 24.9. The molecule has 0 saturated heterocycles. The Morgan fingerprint density at radius 1 is 1.02 bits per heavy atom. The summed E-state index contributed by atoms with van der Waals surface area (Å²) in [5, 5.41) is 13.7. The lowest BCUT2D eigenvalue weighted by Crippen LogP contribution is -2.45. The van der Waals surface area contributed by atoms with Crippen LogP contribution in [0.15, 0.2) is 41.1 Å². The molecule has 0 aliphatic carbocycles. The molecule has 1 aromatic heterocycles. The number of halogens is 2. The van der Waals surface area contributed by atoms with Gasteiger partial charge in [0, 0.05) is 23.5 Å². The fourth-order valence-corrected chi connectivity index (χ4v) is 6.81. The van der Waals surface area contributed by atoms with E-state index in [0.29, 0.717) is 47.4 Å². The molecule has 1 aromatic rings. The maximum atomic E-state index is 13.6. The Labute approximate surface area is 318 Å². The number of likely N-dealkylation sites (N-methyl/N-ethyl adjacent to an activating group) is 1. The molecule has 1 aliphatic rings. The minimum Gasteiger partial charge on any atom is -0.756 e. The van der Waals surface area contributed by atoms with Crippen LogP contribution >= 0.6 is 7.82 Å². The van der Waals surface area contributed by atoms with Crippen LogP contribution in [-0.2, 0) is 18.4 Å². The number of carbonyl (C=O) groups excluding carboxylic acids is 1. The van der Waals surface area contributed by atoms with Crippen molar-refractivity contribution in [3.63, 3.8) is 0 Å². The highest BCUT2D eigenvalue weighted by molar-refractivity contribution is 7.45. The van der Waals surface area contributed by atoms with E-state index in [-0.39, 0.29) is 18.9 Å². The molecule has 1 aliphatic heterocycles. The number of unbranched alkanes of at least 4 members (excludes halogenated alkanes) is 12. The number of aromatic nitrogens is 1. The van der Waals surface area contributed by atoms with Gasteiger partial charge in [0.15, 0.2) is 0 Å². The smallest absolute Gasteiger partial charge is 0.677 e. The van der Waals surface area contributed by atoms with E-state index >= 15 is 0 Å². The van der Waals surface area contributed by atoms with Crippen molar-refractivity contribution in [2.24, 2.45) is 4.99 Å². The van der Waals surface area contributed by atoms with Gasteiger partial charge in [-0.1, -0.05) is 83.3 Å². The zero-order valence-corrected chi connectivity index (χ0v) is 34.1. The zero-order valence-electron chi connectivity index (χ0n) is 33.2. The van der Waals surface area contributed by atoms with Gasteiger partial charge in [-0.3, -0.25) is 23.0 Å². The lowest BCUT2D eigenvalue weighted by atomic mass is 10.0. The summed E-state index contributed by atoms with van der Waals surface area (Å²) in [5.41, 5.74) is 3.04. The Bertz CT molecular complexity index is 1410. The Hall–Kier alpha value is -2.41. The van der Waals surface area contributed by atoms with Crippen molar-refractivity contribution in [2.45, 2.75) is 136 Å². The van der Waals surface area contributed by atoms with Gasteiger partial charge < -0.3 is 33.3 Å². The predicted molar refractivity (Wildman–Crippen MR) is 211 cm³/mol. The largest absolute Gasteiger partial charge is 0.756 e. The number of hydrogen-bond acceptors (Lipinski definition) is 7. The highest BCUT2D eigenvalue weighted by Gasteiger charge is 2.24. The lowest BCUT2D eigenvalue weighted by molar-refractivity contribution is -0.870. The van der Waals surface area contributed by atoms with Gasteiger partial charge in [-0.25, -0.2) is 0 Å². The summed E-state index contributed by atoms with van der Waals surface area (Å²) < 4.78 is 51.2. The van der Waals surface area contributed by atoms with Crippen LogP contribution in [0, 0.1) is 13.8 Å². The first-order valence-electron chi connectivity index (χ1n) is 19.6. The molecule has 300 valence electrons. The van der Waals surface area contributed by atoms with Gasteiger partial charge in [0.1, 0.15) is 13.2 Å². The number of quaternary nitrogens is 1. The zero-order chi connectivity index (χ0) is 39.3. The number of nitrogens with zero attached hydrogens (tertiary/aromatic N) is 3. The average molecular weight is 767 g/mol. The standard InChI is InChI=1S/C39H66BF2N4O6P/c1-7-8-9-10-11-12-13-14-15-16-17-18-19-23-38(47)36(31-52-53(49,50)51-28-27-46(4,5)6)44-39(48)24-21-20-22-34-25-26-35(43-34)30-37-32(2)29-33(3)45(37)40(41)42/h19,23,25-26,29-30,36,38,47H,7-18,20-22,24,27-28,31H2,1-6H3,(H-,44,48,49,50)/b23-19+,35-30-/t36-,38+/m0/s1. The van der Waals surface area contributed by atoms with Crippen molar-refractivity contribution in [1.82, 2.24) is 9.79 Å². The van der Waals surface area contributed by atoms with E-state index < -0.39 is 34.0 Å². The maximum absolute atomic E-state index is 13.6. The fraction of sp³-hybridized carbons (Fsp3) is 0.692. The number of carbonyl (C=O) groups is 1. The molecule has 2 rings (SSSR count). The van der Waals surface area contributed by atoms with Gasteiger partial charge in [0.05, 0.1) is 45.6 Å². The van der Waals surface area contributed by atoms with Crippen LogP contribution in [-0.4, -0.2) is 86.1 Å². The number of phosphoric acid groups is 1. The number of aliphatic hydroxyl groups excluding tert-OH is 1. The molecule has 2 heterocycles. The number of aliphatic imine (C=N–C) groups is 1. The van der Waals surface area contributed by atoms with E-state index in [1.165, 1.54) is 57.8 Å². The minimum absolute atomic E-state index is 0.0526. The number of amides is 1. The molecule has 1 unspecified atom stereocenters. The predicted octanol–water partition coefficient (Wildman–Crippen LogP) is 8.10. The number of hydrogen-bond donors (Lipinski definition) is 2. The molecule has 0 bridgehead atoms. The monoisotopic (exact) mass is 766 g/mol. The summed E-state index contributed by atoms with van der Waals surface area (Å²) in [6.45, 7) is 5.60. The second-order valence-electron chi connectivity index (χ2n) is 15.2. The van der Waals surface area contributed by atoms with Crippen LogP contribution in [0.4, 0.5) is 8.63 Å². The van der Waals surface area contributed by atoms with E-state index in [2.05, 4.69) is 17.2 Å². The number of aliphatic hydroxyl groups is 1. The third kappa shape index (κ3) is 20.2. The maximum Gasteiger partial charge on any atom is 0.677 e. The number of aryl methyl sites for hydroxylation is 2. The summed E-state index contributed by atoms with van der Waals surface area (Å²) in [7, 11) is -1.56. The Balaban J connectivity index is 1.85. The SMILES string of the molecule is CCCCCCCCCCCCC/C=C/[C@@H](O)[C@H](COP(=O)([O-])OCC[N+](C)(C)C)NC(=O)CCCCC1=N/C(=C\c2c(C)cc(C)n2B(F)F)C=C1. The summed E-state index contributed by atoms with van der Waals surface area (Å²) in [5.74, 6) is -0.341. The van der Waals surface area contributed by atoms with Crippen LogP contribution in [0.3, 0.4) is 0 Å².